The molecule has 1 aromatic rings. The molecule has 1 unspecified atom stereocenters. The third kappa shape index (κ3) is 3.72. The Bertz CT molecular complexity index is 339. The maximum Gasteiger partial charge on any atom is 0.167 e. The normalized spacial score (nSPS) is 12.6. The summed E-state index contributed by atoms with van der Waals surface area (Å²) in [5.74, 6) is 0.580. The zero-order chi connectivity index (χ0) is 12.1. The second kappa shape index (κ2) is 5.73. The van der Waals surface area contributed by atoms with Crippen molar-refractivity contribution in [2.45, 2.75) is 33.2 Å². The molecule has 0 aliphatic heterocycles. The molecule has 1 atom stereocenters. The van der Waals surface area contributed by atoms with Crippen molar-refractivity contribution in [3.05, 3.63) is 24.0 Å². The lowest BCUT2D eigenvalue weighted by molar-refractivity contribution is 0.386. The number of halogens is 1. The Hall–Kier alpha value is -1.25. The molecule has 0 saturated heterocycles. The van der Waals surface area contributed by atoms with Crippen molar-refractivity contribution in [2.24, 2.45) is 5.92 Å². The van der Waals surface area contributed by atoms with Gasteiger partial charge in [-0.3, -0.25) is 0 Å². The minimum atomic E-state index is -0.329. The SMILES string of the molecule is COc1ccc(NC(C)CC(C)C)cc1F. The Labute approximate surface area is 96.8 Å². The smallest absolute Gasteiger partial charge is 0.167 e. The standard InChI is InChI=1S/C13H20FNO/c1-9(2)7-10(3)15-11-5-6-13(16-4)12(14)8-11/h5-6,8-10,15H,7H2,1-4H3. The molecule has 0 heterocycles. The lowest BCUT2D eigenvalue weighted by Crippen LogP contribution is -2.17. The zero-order valence-corrected chi connectivity index (χ0v) is 10.4. The molecule has 2 nitrogen and oxygen atoms in total. The van der Waals surface area contributed by atoms with E-state index in [0.717, 1.165) is 12.1 Å². The molecule has 0 aliphatic rings. The van der Waals surface area contributed by atoms with E-state index in [4.69, 9.17) is 4.74 Å². The van der Waals surface area contributed by atoms with Crippen LogP contribution in [0.3, 0.4) is 0 Å². The molecule has 90 valence electrons. The van der Waals surface area contributed by atoms with Crippen molar-refractivity contribution < 1.29 is 9.13 Å². The van der Waals surface area contributed by atoms with Crippen LogP contribution >= 0.6 is 0 Å². The summed E-state index contributed by atoms with van der Waals surface area (Å²) in [7, 11) is 1.47. The lowest BCUT2D eigenvalue weighted by atomic mass is 10.1. The van der Waals surface area contributed by atoms with Gasteiger partial charge >= 0.3 is 0 Å². The molecule has 0 radical (unpaired) electrons. The number of hydrogen-bond acceptors (Lipinski definition) is 2. The highest BCUT2D eigenvalue weighted by atomic mass is 19.1. The van der Waals surface area contributed by atoms with E-state index < -0.39 is 0 Å². The van der Waals surface area contributed by atoms with Crippen LogP contribution in [0.25, 0.3) is 0 Å². The van der Waals surface area contributed by atoms with Gasteiger partial charge in [-0.2, -0.15) is 0 Å². The van der Waals surface area contributed by atoms with E-state index in [1.165, 1.54) is 13.2 Å². The van der Waals surface area contributed by atoms with E-state index >= 15 is 0 Å². The van der Waals surface area contributed by atoms with Crippen LogP contribution < -0.4 is 10.1 Å². The molecule has 0 aliphatic carbocycles. The molecule has 1 rings (SSSR count). The number of benzene rings is 1. The van der Waals surface area contributed by atoms with E-state index in [1.54, 1.807) is 6.07 Å². The first kappa shape index (κ1) is 12.8. The molecule has 0 amide bonds. The van der Waals surface area contributed by atoms with Crippen LogP contribution in [0.5, 0.6) is 5.75 Å². The van der Waals surface area contributed by atoms with Gasteiger partial charge in [-0.25, -0.2) is 4.39 Å². The average molecular weight is 225 g/mol. The first-order chi connectivity index (χ1) is 7.52. The van der Waals surface area contributed by atoms with Crippen molar-refractivity contribution in [3.8, 4) is 5.75 Å². The summed E-state index contributed by atoms with van der Waals surface area (Å²) in [6.45, 7) is 6.45. The molecule has 0 saturated carbocycles. The summed E-state index contributed by atoms with van der Waals surface area (Å²) in [5, 5.41) is 3.27. The van der Waals surface area contributed by atoms with Gasteiger partial charge in [0, 0.05) is 17.8 Å². The van der Waals surface area contributed by atoms with Crippen molar-refractivity contribution in [3.63, 3.8) is 0 Å². The zero-order valence-electron chi connectivity index (χ0n) is 10.4. The Kier molecular flexibility index (Phi) is 4.59. The van der Waals surface area contributed by atoms with Crippen LogP contribution in [0, 0.1) is 11.7 Å². The minimum absolute atomic E-state index is 0.280. The number of methoxy groups -OCH3 is 1. The molecule has 0 aromatic heterocycles. The minimum Gasteiger partial charge on any atom is -0.494 e. The third-order valence-corrected chi connectivity index (χ3v) is 2.39. The van der Waals surface area contributed by atoms with Gasteiger partial charge in [0.25, 0.3) is 0 Å². The summed E-state index contributed by atoms with van der Waals surface area (Å²) in [6, 6.07) is 5.28. The van der Waals surface area contributed by atoms with E-state index in [-0.39, 0.29) is 11.6 Å². The van der Waals surface area contributed by atoms with Crippen molar-refractivity contribution in [1.29, 1.82) is 0 Å². The van der Waals surface area contributed by atoms with Crippen LogP contribution in [0.4, 0.5) is 10.1 Å². The van der Waals surface area contributed by atoms with Gasteiger partial charge in [0.15, 0.2) is 11.6 Å². The summed E-state index contributed by atoms with van der Waals surface area (Å²) >= 11 is 0. The van der Waals surface area contributed by atoms with Crippen LogP contribution in [0.1, 0.15) is 27.2 Å². The third-order valence-electron chi connectivity index (χ3n) is 2.39. The first-order valence-corrected chi connectivity index (χ1v) is 5.63. The Morgan fingerprint density at radius 2 is 2.00 bits per heavy atom. The number of ether oxygens (including phenoxy) is 1. The number of nitrogens with one attached hydrogen (secondary N) is 1. The molecule has 16 heavy (non-hydrogen) atoms. The molecular formula is C13H20FNO. The van der Waals surface area contributed by atoms with Gasteiger partial charge in [-0.15, -0.1) is 0 Å². The van der Waals surface area contributed by atoms with Gasteiger partial charge in [0.05, 0.1) is 7.11 Å². The molecule has 0 fully saturated rings. The molecule has 0 bridgehead atoms. The Morgan fingerprint density at radius 3 is 2.50 bits per heavy atom. The van der Waals surface area contributed by atoms with Gasteiger partial charge in [0.1, 0.15) is 0 Å². The van der Waals surface area contributed by atoms with Gasteiger partial charge in [-0.05, 0) is 31.4 Å². The van der Waals surface area contributed by atoms with Crippen molar-refractivity contribution in [2.75, 3.05) is 12.4 Å². The highest BCUT2D eigenvalue weighted by molar-refractivity contribution is 5.47. The monoisotopic (exact) mass is 225 g/mol. The van der Waals surface area contributed by atoms with E-state index in [0.29, 0.717) is 12.0 Å². The number of rotatable bonds is 5. The van der Waals surface area contributed by atoms with E-state index in [1.807, 2.05) is 6.07 Å². The fourth-order valence-corrected chi connectivity index (χ4v) is 1.81. The fraction of sp³-hybridized carbons (Fsp3) is 0.538. The topological polar surface area (TPSA) is 21.3 Å². The molecule has 1 N–H and O–H groups in total. The highest BCUT2D eigenvalue weighted by Crippen LogP contribution is 2.21. The Morgan fingerprint density at radius 1 is 1.31 bits per heavy atom. The average Bonchev–Trinajstić information content (AvgIpc) is 2.16. The maximum atomic E-state index is 13.4. The van der Waals surface area contributed by atoms with Crippen LogP contribution in [0.15, 0.2) is 18.2 Å². The van der Waals surface area contributed by atoms with Crippen LogP contribution in [-0.2, 0) is 0 Å². The summed E-state index contributed by atoms with van der Waals surface area (Å²) < 4.78 is 18.3. The second-order valence-electron chi connectivity index (χ2n) is 4.52. The largest absolute Gasteiger partial charge is 0.494 e. The first-order valence-electron chi connectivity index (χ1n) is 5.63. The van der Waals surface area contributed by atoms with Crippen molar-refractivity contribution in [1.82, 2.24) is 0 Å². The highest BCUT2D eigenvalue weighted by Gasteiger charge is 2.07. The predicted molar refractivity (Wildman–Crippen MR) is 65.5 cm³/mol. The maximum absolute atomic E-state index is 13.4. The summed E-state index contributed by atoms with van der Waals surface area (Å²) in [5.41, 5.74) is 0.798. The van der Waals surface area contributed by atoms with Crippen LogP contribution in [0.2, 0.25) is 0 Å². The quantitative estimate of drug-likeness (QED) is 0.825. The van der Waals surface area contributed by atoms with E-state index in [2.05, 4.69) is 26.1 Å². The predicted octanol–water partition coefficient (Wildman–Crippen LogP) is 3.68. The van der Waals surface area contributed by atoms with Crippen molar-refractivity contribution >= 4 is 5.69 Å². The van der Waals surface area contributed by atoms with Gasteiger partial charge in [-0.1, -0.05) is 13.8 Å². The van der Waals surface area contributed by atoms with Gasteiger partial charge in [0.2, 0.25) is 0 Å². The number of hydrogen-bond donors (Lipinski definition) is 1. The number of anilines is 1. The molecule has 3 heteroatoms. The molecular weight excluding hydrogens is 205 g/mol. The molecule has 0 spiro atoms. The molecule has 1 aromatic carbocycles. The fourth-order valence-electron chi connectivity index (χ4n) is 1.81. The van der Waals surface area contributed by atoms with E-state index in [9.17, 15) is 4.39 Å². The lowest BCUT2D eigenvalue weighted by Gasteiger charge is -2.17. The van der Waals surface area contributed by atoms with Crippen LogP contribution in [-0.4, -0.2) is 13.2 Å². The summed E-state index contributed by atoms with van der Waals surface area (Å²) in [4.78, 5) is 0. The summed E-state index contributed by atoms with van der Waals surface area (Å²) in [6.07, 6.45) is 1.06. The Balaban J connectivity index is 2.64. The second-order valence-corrected chi connectivity index (χ2v) is 4.52. The van der Waals surface area contributed by atoms with Gasteiger partial charge < -0.3 is 10.1 Å².